The number of carbonyl (C=O) groups is 1. The van der Waals surface area contributed by atoms with Crippen molar-refractivity contribution in [2.45, 2.75) is 39.2 Å². The Balaban J connectivity index is 1.69. The summed E-state index contributed by atoms with van der Waals surface area (Å²) < 4.78 is 5.17. The van der Waals surface area contributed by atoms with Crippen LogP contribution in [0.15, 0.2) is 30.3 Å². The number of aryl methyl sites for hydroxylation is 1. The second-order valence-corrected chi connectivity index (χ2v) is 6.59. The number of anilines is 1. The molecule has 1 aliphatic heterocycles. The van der Waals surface area contributed by atoms with Gasteiger partial charge in [0.2, 0.25) is 0 Å². The van der Waals surface area contributed by atoms with Crippen molar-refractivity contribution in [2.24, 2.45) is 0 Å². The molecule has 1 aromatic heterocycles. The number of nitrogens with one attached hydrogen (secondary N) is 1. The highest BCUT2D eigenvalue weighted by Crippen LogP contribution is 2.16. The van der Waals surface area contributed by atoms with Gasteiger partial charge in [-0.25, -0.2) is 9.97 Å². The number of rotatable bonds is 5. The second-order valence-electron chi connectivity index (χ2n) is 6.59. The summed E-state index contributed by atoms with van der Waals surface area (Å²) >= 11 is 0. The number of amides is 1. The van der Waals surface area contributed by atoms with E-state index >= 15 is 0 Å². The number of nitrogens with zero attached hydrogens (tertiary/aromatic N) is 3. The third-order valence-corrected chi connectivity index (χ3v) is 4.58. The molecule has 6 nitrogen and oxygen atoms in total. The zero-order valence-electron chi connectivity index (χ0n) is 15.5. The molecule has 1 saturated heterocycles. The van der Waals surface area contributed by atoms with Crippen molar-refractivity contribution in [3.63, 3.8) is 0 Å². The number of ether oxygens (including phenoxy) is 1. The summed E-state index contributed by atoms with van der Waals surface area (Å²) in [4.78, 5) is 23.5. The van der Waals surface area contributed by atoms with Crippen LogP contribution in [0.1, 0.15) is 47.6 Å². The minimum Gasteiger partial charge on any atom is -0.497 e. The van der Waals surface area contributed by atoms with E-state index in [1.807, 2.05) is 36.1 Å². The van der Waals surface area contributed by atoms with Crippen LogP contribution in [0.5, 0.6) is 5.75 Å². The molecular formula is C20H26N4O2. The van der Waals surface area contributed by atoms with E-state index in [-0.39, 0.29) is 5.91 Å². The zero-order chi connectivity index (χ0) is 18.4. The minimum atomic E-state index is 0.00453. The Morgan fingerprint density at radius 2 is 1.81 bits per heavy atom. The van der Waals surface area contributed by atoms with E-state index in [0.29, 0.717) is 23.9 Å². The Kier molecular flexibility index (Phi) is 6.04. The van der Waals surface area contributed by atoms with Crippen LogP contribution >= 0.6 is 0 Å². The van der Waals surface area contributed by atoms with Gasteiger partial charge in [-0.15, -0.1) is 0 Å². The summed E-state index contributed by atoms with van der Waals surface area (Å²) in [5.74, 6) is 2.11. The first-order valence-electron chi connectivity index (χ1n) is 9.17. The van der Waals surface area contributed by atoms with Gasteiger partial charge in [-0.05, 0) is 37.5 Å². The van der Waals surface area contributed by atoms with E-state index < -0.39 is 0 Å². The first kappa shape index (κ1) is 18.2. The van der Waals surface area contributed by atoms with Crippen LogP contribution < -0.4 is 10.1 Å². The fourth-order valence-electron chi connectivity index (χ4n) is 3.14. The highest BCUT2D eigenvalue weighted by atomic mass is 16.5. The van der Waals surface area contributed by atoms with E-state index in [0.717, 1.165) is 37.2 Å². The number of hydrogen-bond donors (Lipinski definition) is 1. The molecule has 2 aromatic rings. The molecule has 1 amide bonds. The van der Waals surface area contributed by atoms with E-state index in [9.17, 15) is 4.79 Å². The van der Waals surface area contributed by atoms with Crippen molar-refractivity contribution in [1.29, 1.82) is 0 Å². The van der Waals surface area contributed by atoms with E-state index in [1.54, 1.807) is 13.2 Å². The Bertz CT molecular complexity index is 738. The molecular weight excluding hydrogens is 328 g/mol. The summed E-state index contributed by atoms with van der Waals surface area (Å²) in [6, 6.07) is 9.61. The molecule has 0 bridgehead atoms. The molecule has 0 unspecified atom stereocenters. The van der Waals surface area contributed by atoms with Crippen LogP contribution in [0.25, 0.3) is 0 Å². The lowest BCUT2D eigenvalue weighted by Crippen LogP contribution is -2.32. The normalized spacial score (nSPS) is 14.6. The van der Waals surface area contributed by atoms with Crippen molar-refractivity contribution in [3.8, 4) is 5.75 Å². The number of hydrogen-bond acceptors (Lipinski definition) is 5. The van der Waals surface area contributed by atoms with Gasteiger partial charge in [0.25, 0.3) is 5.91 Å². The summed E-state index contributed by atoms with van der Waals surface area (Å²) in [7, 11) is 1.65. The number of carbonyl (C=O) groups excluding carboxylic acids is 1. The Hall–Kier alpha value is -2.63. The van der Waals surface area contributed by atoms with Crippen molar-refractivity contribution >= 4 is 11.7 Å². The average molecular weight is 354 g/mol. The van der Waals surface area contributed by atoms with E-state index in [2.05, 4.69) is 15.3 Å². The molecule has 1 fully saturated rings. The van der Waals surface area contributed by atoms with Gasteiger partial charge in [-0.1, -0.05) is 25.0 Å². The van der Waals surface area contributed by atoms with Gasteiger partial charge in [0, 0.05) is 25.7 Å². The Morgan fingerprint density at radius 1 is 1.12 bits per heavy atom. The molecule has 0 saturated carbocycles. The predicted octanol–water partition coefficient (Wildman–Crippen LogP) is 3.42. The molecule has 138 valence electrons. The number of aromatic nitrogens is 2. The van der Waals surface area contributed by atoms with Crippen LogP contribution in [-0.2, 0) is 6.54 Å². The van der Waals surface area contributed by atoms with E-state index in [4.69, 9.17) is 4.74 Å². The van der Waals surface area contributed by atoms with Crippen molar-refractivity contribution in [1.82, 2.24) is 14.9 Å². The lowest BCUT2D eigenvalue weighted by molar-refractivity contribution is 0.0755. The van der Waals surface area contributed by atoms with Crippen molar-refractivity contribution in [3.05, 3.63) is 47.4 Å². The largest absolute Gasteiger partial charge is 0.497 e. The maximum absolute atomic E-state index is 12.8. The fourth-order valence-corrected chi connectivity index (χ4v) is 3.14. The molecule has 1 aromatic carbocycles. The summed E-state index contributed by atoms with van der Waals surface area (Å²) in [6.45, 7) is 4.07. The average Bonchev–Trinajstić information content (AvgIpc) is 2.95. The van der Waals surface area contributed by atoms with Gasteiger partial charge < -0.3 is 15.0 Å². The monoisotopic (exact) mass is 354 g/mol. The van der Waals surface area contributed by atoms with Crippen LogP contribution in [0.2, 0.25) is 0 Å². The molecule has 0 aliphatic carbocycles. The summed E-state index contributed by atoms with van der Waals surface area (Å²) in [5.41, 5.74) is 1.58. The van der Waals surface area contributed by atoms with Gasteiger partial charge in [-0.2, -0.15) is 0 Å². The molecule has 0 radical (unpaired) electrons. The minimum absolute atomic E-state index is 0.00453. The quantitative estimate of drug-likeness (QED) is 0.891. The third kappa shape index (κ3) is 4.71. The van der Waals surface area contributed by atoms with Gasteiger partial charge in [-0.3, -0.25) is 4.79 Å². The molecule has 0 atom stereocenters. The topological polar surface area (TPSA) is 67.3 Å². The number of methoxy groups -OCH3 is 1. The lowest BCUT2D eigenvalue weighted by atomic mass is 10.2. The summed E-state index contributed by atoms with van der Waals surface area (Å²) in [6.07, 6.45) is 4.53. The van der Waals surface area contributed by atoms with Crippen LogP contribution in [-0.4, -0.2) is 41.0 Å². The second kappa shape index (κ2) is 8.65. The highest BCUT2D eigenvalue weighted by molar-refractivity contribution is 5.93. The first-order valence-corrected chi connectivity index (χ1v) is 9.17. The smallest absolute Gasteiger partial charge is 0.272 e. The van der Waals surface area contributed by atoms with Gasteiger partial charge >= 0.3 is 0 Å². The molecule has 1 N–H and O–H groups in total. The SMILES string of the molecule is COc1ccc(CNc2cc(C(=O)N3CCCCCC3)nc(C)n2)cc1. The molecule has 2 heterocycles. The Labute approximate surface area is 154 Å². The lowest BCUT2D eigenvalue weighted by Gasteiger charge is -2.20. The van der Waals surface area contributed by atoms with Crippen LogP contribution in [0, 0.1) is 6.92 Å². The van der Waals surface area contributed by atoms with Crippen molar-refractivity contribution < 1.29 is 9.53 Å². The molecule has 0 spiro atoms. The standard InChI is InChI=1S/C20H26N4O2/c1-15-22-18(20(25)24-11-5-3-4-6-12-24)13-19(23-15)21-14-16-7-9-17(26-2)10-8-16/h7-10,13H,3-6,11-12,14H2,1-2H3,(H,21,22,23). The van der Waals surface area contributed by atoms with Crippen molar-refractivity contribution in [2.75, 3.05) is 25.5 Å². The maximum Gasteiger partial charge on any atom is 0.272 e. The fraction of sp³-hybridized carbons (Fsp3) is 0.450. The third-order valence-electron chi connectivity index (χ3n) is 4.58. The summed E-state index contributed by atoms with van der Waals surface area (Å²) in [5, 5.41) is 3.29. The van der Waals surface area contributed by atoms with Gasteiger partial charge in [0.15, 0.2) is 0 Å². The molecule has 6 heteroatoms. The number of likely N-dealkylation sites (tertiary alicyclic amines) is 1. The Morgan fingerprint density at radius 3 is 2.46 bits per heavy atom. The zero-order valence-corrected chi connectivity index (χ0v) is 15.5. The first-order chi connectivity index (χ1) is 12.7. The predicted molar refractivity (Wildman–Crippen MR) is 101 cm³/mol. The molecule has 3 rings (SSSR count). The van der Waals surface area contributed by atoms with E-state index in [1.165, 1.54) is 12.8 Å². The van der Waals surface area contributed by atoms with Gasteiger partial charge in [0.1, 0.15) is 23.1 Å². The van der Waals surface area contributed by atoms with Gasteiger partial charge in [0.05, 0.1) is 7.11 Å². The molecule has 26 heavy (non-hydrogen) atoms. The molecule has 1 aliphatic rings. The number of benzene rings is 1. The van der Waals surface area contributed by atoms with Crippen LogP contribution in [0.4, 0.5) is 5.82 Å². The highest BCUT2D eigenvalue weighted by Gasteiger charge is 2.19. The van der Waals surface area contributed by atoms with Crippen LogP contribution in [0.3, 0.4) is 0 Å². The maximum atomic E-state index is 12.8.